The van der Waals surface area contributed by atoms with Gasteiger partial charge in [-0.25, -0.2) is 10.1 Å². The number of rotatable bonds is 8. The monoisotopic (exact) mass is 446 g/mol. The zero-order valence-electron chi connectivity index (χ0n) is 10.4. The number of carbonyl (C=O) groups excluding carboxylic acids is 1. The number of benzene rings is 1. The zero-order chi connectivity index (χ0) is 16.7. The van der Waals surface area contributed by atoms with E-state index in [1.54, 1.807) is 22.6 Å². The fraction of sp³-hybridized carbons (Fsp3) is 0.222. The highest BCUT2D eigenvalue weighted by Crippen LogP contribution is 2.33. The summed E-state index contributed by atoms with van der Waals surface area (Å²) in [5.74, 6) is -1.37. The summed E-state index contributed by atoms with van der Waals surface area (Å²) in [6, 6.07) is 1.67. The van der Waals surface area contributed by atoms with Gasteiger partial charge in [0.25, 0.3) is 5.69 Å². The summed E-state index contributed by atoms with van der Waals surface area (Å²) in [5.41, 5.74) is -0.500. The van der Waals surface area contributed by atoms with Gasteiger partial charge in [0, 0.05) is 4.92 Å². The molecule has 0 saturated carbocycles. The second-order valence-electron chi connectivity index (χ2n) is 3.49. The van der Waals surface area contributed by atoms with E-state index < -0.39 is 27.5 Å². The van der Waals surface area contributed by atoms with Crippen LogP contribution in [0, 0.1) is 20.2 Å². The Labute approximate surface area is 140 Å². The highest BCUT2D eigenvalue weighted by atomic mass is 127. The summed E-state index contributed by atoms with van der Waals surface area (Å²) in [5, 5.41) is 32.9. The Bertz CT molecular complexity index is 584. The SMILES string of the molecule is O=C(Oc1ccc(SOOO)c([N+](=O)[O-])c1)C(CI)[N+](=O)[O-]. The largest absolute Gasteiger partial charge is 0.421 e. The number of nitro groups is 2. The Morgan fingerprint density at radius 1 is 1.41 bits per heavy atom. The summed E-state index contributed by atoms with van der Waals surface area (Å²) >= 11 is 2.01. The first-order chi connectivity index (χ1) is 10.4. The second-order valence-corrected chi connectivity index (χ2v) is 5.11. The highest BCUT2D eigenvalue weighted by Gasteiger charge is 2.31. The smallest absolute Gasteiger partial charge is 0.387 e. The van der Waals surface area contributed by atoms with Crippen molar-refractivity contribution in [3.05, 3.63) is 38.4 Å². The summed E-state index contributed by atoms with van der Waals surface area (Å²) in [7, 11) is 0. The minimum absolute atomic E-state index is 0.0430. The molecule has 0 radical (unpaired) electrons. The molecule has 22 heavy (non-hydrogen) atoms. The van der Waals surface area contributed by atoms with Crippen LogP contribution in [0.4, 0.5) is 5.69 Å². The molecular weight excluding hydrogens is 439 g/mol. The first-order valence-electron chi connectivity index (χ1n) is 5.25. The molecule has 0 bridgehead atoms. The fourth-order valence-electron chi connectivity index (χ4n) is 1.22. The maximum Gasteiger partial charge on any atom is 0.387 e. The molecule has 11 nitrogen and oxygen atoms in total. The normalized spacial score (nSPS) is 11.7. The summed E-state index contributed by atoms with van der Waals surface area (Å²) in [4.78, 5) is 31.5. The predicted octanol–water partition coefficient (Wildman–Crippen LogP) is 2.01. The van der Waals surface area contributed by atoms with Crippen LogP contribution in [0.25, 0.3) is 0 Å². The number of alkyl halides is 1. The van der Waals surface area contributed by atoms with Crippen molar-refractivity contribution in [3.63, 3.8) is 0 Å². The predicted molar refractivity (Wildman–Crippen MR) is 79.1 cm³/mol. The molecule has 0 amide bonds. The maximum absolute atomic E-state index is 11.6. The number of nitrogens with zero attached hydrogens (tertiary/aromatic N) is 2. The van der Waals surface area contributed by atoms with Crippen LogP contribution in [0.3, 0.4) is 0 Å². The molecule has 120 valence electrons. The fourth-order valence-corrected chi connectivity index (χ4v) is 2.34. The molecule has 0 heterocycles. The summed E-state index contributed by atoms with van der Waals surface area (Å²) in [6.45, 7) is 0. The van der Waals surface area contributed by atoms with Gasteiger partial charge in [-0.2, -0.15) is 0 Å². The van der Waals surface area contributed by atoms with Crippen LogP contribution >= 0.6 is 34.6 Å². The number of ether oxygens (including phenoxy) is 1. The van der Waals surface area contributed by atoms with E-state index in [0.29, 0.717) is 12.0 Å². The first-order valence-corrected chi connectivity index (χ1v) is 7.51. The van der Waals surface area contributed by atoms with Crippen LogP contribution in [0.1, 0.15) is 0 Å². The van der Waals surface area contributed by atoms with Gasteiger partial charge in [0.2, 0.25) is 0 Å². The molecule has 0 aliphatic rings. The molecule has 0 aliphatic carbocycles. The van der Waals surface area contributed by atoms with Crippen molar-refractivity contribution in [3.8, 4) is 5.75 Å². The van der Waals surface area contributed by atoms with E-state index in [1.807, 2.05) is 0 Å². The van der Waals surface area contributed by atoms with Crippen LogP contribution in [-0.2, 0) is 14.2 Å². The van der Waals surface area contributed by atoms with Crippen molar-refractivity contribution in [2.75, 3.05) is 4.43 Å². The van der Waals surface area contributed by atoms with E-state index in [0.717, 1.165) is 12.1 Å². The van der Waals surface area contributed by atoms with Gasteiger partial charge in [0.15, 0.2) is 0 Å². The van der Waals surface area contributed by atoms with E-state index in [9.17, 15) is 25.0 Å². The molecular formula is C9H7IN2O9S. The molecule has 0 aliphatic heterocycles. The number of esters is 1. The molecule has 1 aromatic carbocycles. The van der Waals surface area contributed by atoms with Crippen LogP contribution < -0.4 is 4.74 Å². The van der Waals surface area contributed by atoms with Gasteiger partial charge in [-0.1, -0.05) is 27.6 Å². The van der Waals surface area contributed by atoms with Gasteiger partial charge in [-0.05, 0) is 12.1 Å². The molecule has 1 N–H and O–H groups in total. The molecule has 0 spiro atoms. The molecule has 1 rings (SSSR count). The standard InChI is InChI=1S/C9H7IN2O9S/c10-4-7(12(16)17)9(13)19-5-1-2-8(22-21-20-18)6(3-5)11(14)15/h1-3,7,18H,4H2. The molecule has 0 saturated heterocycles. The lowest BCUT2D eigenvalue weighted by molar-refractivity contribution is -0.503. The second kappa shape index (κ2) is 8.79. The Morgan fingerprint density at radius 3 is 2.59 bits per heavy atom. The third kappa shape index (κ3) is 5.02. The molecule has 13 heteroatoms. The van der Waals surface area contributed by atoms with Crippen molar-refractivity contribution in [2.24, 2.45) is 0 Å². The van der Waals surface area contributed by atoms with Gasteiger partial charge >= 0.3 is 12.0 Å². The van der Waals surface area contributed by atoms with Crippen molar-refractivity contribution < 1.29 is 34.0 Å². The van der Waals surface area contributed by atoms with Crippen LogP contribution in [0.5, 0.6) is 5.75 Å². The number of carbonyl (C=O) groups is 1. The van der Waals surface area contributed by atoms with E-state index in [2.05, 4.69) is 9.37 Å². The van der Waals surface area contributed by atoms with Crippen molar-refractivity contribution in [1.82, 2.24) is 0 Å². The average molecular weight is 446 g/mol. The number of halogens is 1. The molecule has 0 fully saturated rings. The highest BCUT2D eigenvalue weighted by molar-refractivity contribution is 14.1. The van der Waals surface area contributed by atoms with Gasteiger partial charge in [0.1, 0.15) is 10.6 Å². The molecule has 1 aromatic rings. The van der Waals surface area contributed by atoms with Crippen molar-refractivity contribution in [2.45, 2.75) is 10.9 Å². The molecule has 0 aromatic heterocycles. The van der Waals surface area contributed by atoms with E-state index in [4.69, 9.17) is 9.99 Å². The number of nitro benzene ring substituents is 1. The lowest BCUT2D eigenvalue weighted by Crippen LogP contribution is -2.34. The lowest BCUT2D eigenvalue weighted by Gasteiger charge is -2.07. The van der Waals surface area contributed by atoms with E-state index in [1.165, 1.54) is 6.07 Å². The lowest BCUT2D eigenvalue weighted by atomic mass is 10.3. The minimum Gasteiger partial charge on any atom is -0.421 e. The Kier molecular flexibility index (Phi) is 7.39. The van der Waals surface area contributed by atoms with Crippen LogP contribution in [0.15, 0.2) is 23.1 Å². The van der Waals surface area contributed by atoms with Crippen LogP contribution in [0.2, 0.25) is 0 Å². The van der Waals surface area contributed by atoms with Gasteiger partial charge in [-0.15, -0.1) is 4.33 Å². The summed E-state index contributed by atoms with van der Waals surface area (Å²) in [6.07, 6.45) is 0. The van der Waals surface area contributed by atoms with E-state index in [-0.39, 0.29) is 15.1 Å². The third-order valence-corrected chi connectivity index (χ3v) is 3.66. The summed E-state index contributed by atoms with van der Waals surface area (Å²) < 4.78 is 8.74. The molecule has 1 atom stereocenters. The third-order valence-electron chi connectivity index (χ3n) is 2.17. The molecule has 1 unspecified atom stereocenters. The number of hydrogen-bond donors (Lipinski definition) is 1. The van der Waals surface area contributed by atoms with Gasteiger partial charge in [-0.3, -0.25) is 20.2 Å². The average Bonchev–Trinajstić information content (AvgIpc) is 2.45. The topological polar surface area (TPSA) is 151 Å². The minimum atomic E-state index is -1.57. The zero-order valence-corrected chi connectivity index (χ0v) is 13.4. The van der Waals surface area contributed by atoms with Crippen molar-refractivity contribution in [1.29, 1.82) is 0 Å². The van der Waals surface area contributed by atoms with Gasteiger partial charge < -0.3 is 4.74 Å². The Morgan fingerprint density at radius 2 is 2.09 bits per heavy atom. The van der Waals surface area contributed by atoms with E-state index >= 15 is 0 Å². The van der Waals surface area contributed by atoms with Crippen LogP contribution in [-0.4, -0.2) is 31.5 Å². The Hall–Kier alpha value is -1.55. The Balaban J connectivity index is 2.97. The first kappa shape index (κ1) is 18.5. The quantitative estimate of drug-likeness (QED) is 0.0918. The van der Waals surface area contributed by atoms with Crippen molar-refractivity contribution >= 4 is 46.3 Å². The maximum atomic E-state index is 11.6. The number of hydrogen-bond acceptors (Lipinski definition) is 10. The van der Waals surface area contributed by atoms with Gasteiger partial charge in [0.05, 0.1) is 27.5 Å².